The van der Waals surface area contributed by atoms with Gasteiger partial charge in [-0.2, -0.15) is 5.10 Å². The molecule has 0 fully saturated rings. The van der Waals surface area contributed by atoms with E-state index in [0.29, 0.717) is 27.6 Å². The number of hydrazone groups is 1. The molecule has 0 saturated carbocycles. The van der Waals surface area contributed by atoms with Crippen LogP contribution in [0.25, 0.3) is 10.8 Å². The van der Waals surface area contributed by atoms with E-state index in [0.717, 1.165) is 10.8 Å². The predicted molar refractivity (Wildman–Crippen MR) is 154 cm³/mol. The highest BCUT2D eigenvalue weighted by Crippen LogP contribution is 2.27. The van der Waals surface area contributed by atoms with Crippen LogP contribution >= 0.6 is 11.6 Å². The molecule has 0 heterocycles. The van der Waals surface area contributed by atoms with Crippen LogP contribution in [0.15, 0.2) is 126 Å². The summed E-state index contributed by atoms with van der Waals surface area (Å²) in [5.74, 6) is -0.0163. The Hall–Kier alpha value is -5.14. The summed E-state index contributed by atoms with van der Waals surface area (Å²) in [5.41, 5.74) is 3.33. The van der Waals surface area contributed by atoms with Crippen molar-refractivity contribution < 1.29 is 23.8 Å². The third-order valence-corrected chi connectivity index (χ3v) is 6.02. The van der Waals surface area contributed by atoms with Gasteiger partial charge in [-0.15, -0.1) is 0 Å². The number of carbonyl (C=O) groups excluding carboxylic acids is 2. The monoisotopic (exact) mass is 550 g/mol. The summed E-state index contributed by atoms with van der Waals surface area (Å²) in [6.45, 7) is 0. The highest BCUT2D eigenvalue weighted by molar-refractivity contribution is 6.30. The number of carbonyl (C=O) groups is 2. The Balaban J connectivity index is 1.38. The van der Waals surface area contributed by atoms with Gasteiger partial charge in [0.05, 0.1) is 11.8 Å². The van der Waals surface area contributed by atoms with Crippen LogP contribution in [-0.4, -0.2) is 24.4 Å². The second-order valence-corrected chi connectivity index (χ2v) is 8.96. The summed E-state index contributed by atoms with van der Waals surface area (Å²) in [6.07, 6.45) is 0.101. The molecule has 1 N–H and O–H groups in total. The minimum absolute atomic E-state index is 0.272. The van der Waals surface area contributed by atoms with E-state index in [1.165, 1.54) is 6.21 Å². The molecule has 198 valence electrons. The van der Waals surface area contributed by atoms with E-state index >= 15 is 0 Å². The van der Waals surface area contributed by atoms with Crippen molar-refractivity contribution in [1.82, 2.24) is 5.43 Å². The Bertz CT molecular complexity index is 1600. The molecule has 0 aliphatic carbocycles. The first-order chi connectivity index (χ1) is 19.6. The molecule has 0 saturated heterocycles. The number of halogens is 1. The molecule has 5 aromatic rings. The number of rotatable bonds is 9. The summed E-state index contributed by atoms with van der Waals surface area (Å²) in [5, 5.41) is 6.34. The van der Waals surface area contributed by atoms with Crippen molar-refractivity contribution in [3.63, 3.8) is 0 Å². The van der Waals surface area contributed by atoms with E-state index in [1.807, 2.05) is 42.5 Å². The third kappa shape index (κ3) is 6.64. The van der Waals surface area contributed by atoms with Crippen molar-refractivity contribution in [3.05, 3.63) is 137 Å². The number of fused-ring (bicyclic) bond motifs is 1. The molecule has 40 heavy (non-hydrogen) atoms. The summed E-state index contributed by atoms with van der Waals surface area (Å²) in [4.78, 5) is 25.9. The number of ether oxygens (including phenoxy) is 3. The van der Waals surface area contributed by atoms with Gasteiger partial charge in [-0.3, -0.25) is 4.79 Å². The molecule has 0 aliphatic rings. The zero-order valence-electron chi connectivity index (χ0n) is 21.1. The largest absolute Gasteiger partial charge is 0.446 e. The van der Waals surface area contributed by atoms with E-state index in [9.17, 15) is 9.59 Å². The molecule has 0 bridgehead atoms. The first kappa shape index (κ1) is 26.5. The third-order valence-electron chi connectivity index (χ3n) is 5.77. The minimum Gasteiger partial charge on any atom is -0.446 e. The van der Waals surface area contributed by atoms with Crippen LogP contribution < -0.4 is 19.6 Å². The van der Waals surface area contributed by atoms with Gasteiger partial charge >= 0.3 is 18.2 Å². The second-order valence-electron chi connectivity index (χ2n) is 8.52. The fraction of sp³-hybridized carbons (Fsp3) is 0.0312. The lowest BCUT2D eigenvalue weighted by molar-refractivity contribution is -0.140. The highest BCUT2D eigenvalue weighted by Gasteiger charge is 2.23. The number of benzene rings is 5. The zero-order chi connectivity index (χ0) is 27.7. The quantitative estimate of drug-likeness (QED) is 0.0730. The molecule has 0 unspecified atom stereocenters. The smallest absolute Gasteiger partial charge is 0.343 e. The molecule has 5 aromatic carbocycles. The predicted octanol–water partition coefficient (Wildman–Crippen LogP) is 6.65. The molecule has 0 aliphatic heterocycles. The lowest BCUT2D eigenvalue weighted by atomic mass is 10.0. The SMILES string of the molecule is O=C(Oc1ccc2ccccc2c1/C=N/NC(=O)C(Oc1ccccc1)Oc1ccccc1)c1ccc(Cl)cc1. The zero-order valence-corrected chi connectivity index (χ0v) is 21.8. The number of amides is 1. The number of nitrogens with one attached hydrogen (secondary N) is 1. The second kappa shape index (κ2) is 12.6. The summed E-state index contributed by atoms with van der Waals surface area (Å²) >= 11 is 5.94. The Morgan fingerprint density at radius 2 is 1.32 bits per heavy atom. The van der Waals surface area contributed by atoms with Crippen LogP contribution in [0.4, 0.5) is 0 Å². The maximum atomic E-state index is 13.1. The Labute approximate surface area is 235 Å². The van der Waals surface area contributed by atoms with Gasteiger partial charge < -0.3 is 14.2 Å². The molecule has 8 heteroatoms. The number of hydrogen-bond donors (Lipinski definition) is 1. The van der Waals surface area contributed by atoms with E-state index in [2.05, 4.69) is 10.5 Å². The van der Waals surface area contributed by atoms with Crippen LogP contribution in [0, 0.1) is 0 Å². The lowest BCUT2D eigenvalue weighted by Crippen LogP contribution is -2.40. The molecule has 0 atom stereocenters. The number of esters is 1. The molecular weight excluding hydrogens is 528 g/mol. The number of para-hydroxylation sites is 2. The van der Waals surface area contributed by atoms with Crippen molar-refractivity contribution >= 4 is 40.5 Å². The average molecular weight is 551 g/mol. The van der Waals surface area contributed by atoms with Gasteiger partial charge in [-0.05, 0) is 65.4 Å². The van der Waals surface area contributed by atoms with Crippen LogP contribution in [0.5, 0.6) is 17.2 Å². The Morgan fingerprint density at radius 3 is 1.98 bits per heavy atom. The normalized spacial score (nSPS) is 10.9. The molecule has 7 nitrogen and oxygen atoms in total. The van der Waals surface area contributed by atoms with Crippen molar-refractivity contribution in [2.24, 2.45) is 5.10 Å². The standard InChI is InChI=1S/C32H23ClN2O5/c33-24-18-15-23(16-19-24)31(37)40-29-20-17-22-9-7-8-14-27(22)28(29)21-34-35-30(36)32(38-25-10-3-1-4-11-25)39-26-12-5-2-6-13-26/h1-21,32H,(H,35,36)/b34-21+. The van der Waals surface area contributed by atoms with Crippen molar-refractivity contribution in [2.45, 2.75) is 6.29 Å². The maximum absolute atomic E-state index is 13.1. The molecule has 0 spiro atoms. The Kier molecular flexibility index (Phi) is 8.34. The van der Waals surface area contributed by atoms with Crippen LogP contribution in [-0.2, 0) is 4.79 Å². The number of hydrogen-bond acceptors (Lipinski definition) is 6. The van der Waals surface area contributed by atoms with Gasteiger partial charge in [0.2, 0.25) is 0 Å². The first-order valence-electron chi connectivity index (χ1n) is 12.3. The van der Waals surface area contributed by atoms with E-state index in [4.69, 9.17) is 25.8 Å². The fourth-order valence-electron chi connectivity index (χ4n) is 3.83. The van der Waals surface area contributed by atoms with Gasteiger partial charge in [0.25, 0.3) is 0 Å². The highest BCUT2D eigenvalue weighted by atomic mass is 35.5. The maximum Gasteiger partial charge on any atom is 0.343 e. The first-order valence-corrected chi connectivity index (χ1v) is 12.7. The molecule has 0 aromatic heterocycles. The van der Waals surface area contributed by atoms with Crippen LogP contribution in [0.1, 0.15) is 15.9 Å². The topological polar surface area (TPSA) is 86.2 Å². The van der Waals surface area contributed by atoms with Gasteiger partial charge in [-0.25, -0.2) is 10.2 Å². The van der Waals surface area contributed by atoms with E-state index in [-0.39, 0.29) is 5.75 Å². The molecule has 0 radical (unpaired) electrons. The minimum atomic E-state index is -1.32. The van der Waals surface area contributed by atoms with Gasteiger partial charge in [-0.1, -0.05) is 78.3 Å². The molecule has 1 amide bonds. The fourth-order valence-corrected chi connectivity index (χ4v) is 3.96. The van der Waals surface area contributed by atoms with Gasteiger partial charge in [0, 0.05) is 10.6 Å². The van der Waals surface area contributed by atoms with E-state index in [1.54, 1.807) is 78.9 Å². The van der Waals surface area contributed by atoms with Crippen LogP contribution in [0.3, 0.4) is 0 Å². The van der Waals surface area contributed by atoms with Crippen molar-refractivity contribution in [1.29, 1.82) is 0 Å². The number of nitrogens with zero attached hydrogens (tertiary/aromatic N) is 1. The molecular formula is C32H23ClN2O5. The van der Waals surface area contributed by atoms with Crippen molar-refractivity contribution in [3.8, 4) is 17.2 Å². The summed E-state index contributed by atoms with van der Waals surface area (Å²) in [7, 11) is 0. The average Bonchev–Trinajstić information content (AvgIpc) is 2.99. The summed E-state index contributed by atoms with van der Waals surface area (Å²) < 4.78 is 17.3. The van der Waals surface area contributed by atoms with Crippen molar-refractivity contribution in [2.75, 3.05) is 0 Å². The summed E-state index contributed by atoms with van der Waals surface area (Å²) in [6, 6.07) is 35.2. The Morgan fingerprint density at radius 1 is 0.725 bits per heavy atom. The van der Waals surface area contributed by atoms with Crippen LogP contribution in [0.2, 0.25) is 5.02 Å². The van der Waals surface area contributed by atoms with Gasteiger partial charge in [0.15, 0.2) is 0 Å². The lowest BCUT2D eigenvalue weighted by Gasteiger charge is -2.18. The van der Waals surface area contributed by atoms with Gasteiger partial charge in [0.1, 0.15) is 17.2 Å². The molecule has 5 rings (SSSR count). The van der Waals surface area contributed by atoms with E-state index < -0.39 is 18.2 Å².